The molecule has 2 atom stereocenters. The van der Waals surface area contributed by atoms with Gasteiger partial charge in [-0.2, -0.15) is 0 Å². The van der Waals surface area contributed by atoms with E-state index in [1.807, 2.05) is 32.6 Å². The summed E-state index contributed by atoms with van der Waals surface area (Å²) in [4.78, 5) is 13.8. The number of nitrogens with zero attached hydrogens (tertiary/aromatic N) is 1. The Labute approximate surface area is 92.0 Å². The lowest BCUT2D eigenvalue weighted by Gasteiger charge is -2.31. The maximum atomic E-state index is 11.9. The zero-order valence-corrected chi connectivity index (χ0v) is 10.3. The minimum atomic E-state index is -0.284. The minimum Gasteiger partial charge on any atom is -0.377 e. The molecule has 2 unspecified atom stereocenters. The lowest BCUT2D eigenvalue weighted by molar-refractivity contribution is -0.133. The van der Waals surface area contributed by atoms with Gasteiger partial charge in [-0.25, -0.2) is 0 Å². The van der Waals surface area contributed by atoms with Gasteiger partial charge in [0.25, 0.3) is 0 Å². The molecular weight excluding hydrogens is 192 g/mol. The van der Waals surface area contributed by atoms with Gasteiger partial charge in [-0.1, -0.05) is 6.92 Å². The van der Waals surface area contributed by atoms with Crippen LogP contribution in [0.15, 0.2) is 0 Å². The van der Waals surface area contributed by atoms with E-state index in [1.54, 1.807) is 7.11 Å². The molecular formula is C11H22N2O2. The molecule has 15 heavy (non-hydrogen) atoms. The molecule has 1 rings (SSSR count). The predicted octanol–water partition coefficient (Wildman–Crippen LogP) is 0.968. The molecule has 0 aromatic heterocycles. The second kappa shape index (κ2) is 4.49. The van der Waals surface area contributed by atoms with Crippen LogP contribution >= 0.6 is 0 Å². The van der Waals surface area contributed by atoms with Crippen LogP contribution in [0.3, 0.4) is 0 Å². The van der Waals surface area contributed by atoms with Crippen molar-refractivity contribution in [3.05, 3.63) is 0 Å². The number of ether oxygens (including phenoxy) is 1. The van der Waals surface area contributed by atoms with E-state index in [4.69, 9.17) is 4.74 Å². The third-order valence-electron chi connectivity index (χ3n) is 3.00. The Hall–Kier alpha value is -0.610. The largest absolute Gasteiger partial charge is 0.377 e. The molecule has 1 amide bonds. The van der Waals surface area contributed by atoms with Gasteiger partial charge < -0.3 is 9.64 Å². The normalized spacial score (nSPS) is 27.5. The molecule has 0 aromatic rings. The van der Waals surface area contributed by atoms with Crippen molar-refractivity contribution in [1.82, 2.24) is 10.2 Å². The Balaban J connectivity index is 2.66. The standard InChI is InChI=1S/C11H22N2O2/c1-6-9-10(14)13(8(2)12-9)7-11(3,4)15-5/h8-9,12H,6-7H2,1-5H3. The molecule has 1 heterocycles. The van der Waals surface area contributed by atoms with Gasteiger partial charge in [0.1, 0.15) is 0 Å². The van der Waals surface area contributed by atoms with Gasteiger partial charge >= 0.3 is 0 Å². The van der Waals surface area contributed by atoms with Crippen LogP contribution in [0.1, 0.15) is 34.1 Å². The summed E-state index contributed by atoms with van der Waals surface area (Å²) in [5.41, 5.74) is -0.284. The molecule has 0 aliphatic carbocycles. The van der Waals surface area contributed by atoms with Crippen molar-refractivity contribution in [2.75, 3.05) is 13.7 Å². The summed E-state index contributed by atoms with van der Waals surface area (Å²) >= 11 is 0. The SMILES string of the molecule is CCC1NC(C)N(CC(C)(C)OC)C1=O. The van der Waals surface area contributed by atoms with E-state index >= 15 is 0 Å². The highest BCUT2D eigenvalue weighted by Gasteiger charge is 2.37. The lowest BCUT2D eigenvalue weighted by atomic mass is 10.1. The van der Waals surface area contributed by atoms with Crippen molar-refractivity contribution in [1.29, 1.82) is 0 Å². The maximum absolute atomic E-state index is 11.9. The monoisotopic (exact) mass is 214 g/mol. The number of methoxy groups -OCH3 is 1. The first kappa shape index (κ1) is 12.5. The summed E-state index contributed by atoms with van der Waals surface area (Å²) in [7, 11) is 1.68. The van der Waals surface area contributed by atoms with Crippen LogP contribution in [0.25, 0.3) is 0 Å². The molecule has 88 valence electrons. The third-order valence-corrected chi connectivity index (χ3v) is 3.00. The van der Waals surface area contributed by atoms with Crippen LogP contribution in [-0.4, -0.2) is 42.3 Å². The fraction of sp³-hybridized carbons (Fsp3) is 0.909. The van der Waals surface area contributed by atoms with E-state index in [9.17, 15) is 4.79 Å². The first-order valence-electron chi connectivity index (χ1n) is 5.53. The molecule has 1 aliphatic rings. The zero-order chi connectivity index (χ0) is 11.6. The van der Waals surface area contributed by atoms with Crippen molar-refractivity contribution >= 4 is 5.91 Å². The number of carbonyl (C=O) groups is 1. The quantitative estimate of drug-likeness (QED) is 0.758. The summed E-state index contributed by atoms with van der Waals surface area (Å²) in [6.07, 6.45) is 0.949. The van der Waals surface area contributed by atoms with E-state index in [2.05, 4.69) is 5.32 Å². The molecule has 0 aromatic carbocycles. The van der Waals surface area contributed by atoms with Crippen molar-refractivity contribution in [3.8, 4) is 0 Å². The molecule has 0 radical (unpaired) electrons. The molecule has 4 heteroatoms. The van der Waals surface area contributed by atoms with Crippen LogP contribution in [-0.2, 0) is 9.53 Å². The molecule has 1 fully saturated rings. The average Bonchev–Trinajstić information content (AvgIpc) is 2.45. The highest BCUT2D eigenvalue weighted by molar-refractivity contribution is 5.84. The molecule has 0 saturated carbocycles. The van der Waals surface area contributed by atoms with E-state index in [0.29, 0.717) is 6.54 Å². The van der Waals surface area contributed by atoms with Gasteiger partial charge in [0.05, 0.1) is 24.4 Å². The van der Waals surface area contributed by atoms with Gasteiger partial charge in [-0.15, -0.1) is 0 Å². The molecule has 1 aliphatic heterocycles. The number of amides is 1. The van der Waals surface area contributed by atoms with E-state index in [1.165, 1.54) is 0 Å². The average molecular weight is 214 g/mol. The Morgan fingerprint density at radius 2 is 2.13 bits per heavy atom. The Morgan fingerprint density at radius 3 is 2.53 bits per heavy atom. The topological polar surface area (TPSA) is 41.6 Å². The van der Waals surface area contributed by atoms with Crippen molar-refractivity contribution in [3.63, 3.8) is 0 Å². The minimum absolute atomic E-state index is 0.0207. The van der Waals surface area contributed by atoms with Crippen LogP contribution < -0.4 is 5.32 Å². The summed E-state index contributed by atoms with van der Waals surface area (Å²) in [6.45, 7) is 8.65. The van der Waals surface area contributed by atoms with Crippen LogP contribution in [0, 0.1) is 0 Å². The smallest absolute Gasteiger partial charge is 0.241 e. The fourth-order valence-electron chi connectivity index (χ4n) is 1.83. The highest BCUT2D eigenvalue weighted by atomic mass is 16.5. The van der Waals surface area contributed by atoms with Gasteiger partial charge in [0.2, 0.25) is 5.91 Å². The number of carbonyl (C=O) groups excluding carboxylic acids is 1. The number of nitrogens with one attached hydrogen (secondary N) is 1. The van der Waals surface area contributed by atoms with Crippen molar-refractivity contribution in [2.24, 2.45) is 0 Å². The predicted molar refractivity (Wildman–Crippen MR) is 59.5 cm³/mol. The Morgan fingerprint density at radius 1 is 1.53 bits per heavy atom. The van der Waals surface area contributed by atoms with Gasteiger partial charge in [0, 0.05) is 7.11 Å². The van der Waals surface area contributed by atoms with E-state index < -0.39 is 0 Å². The molecule has 1 saturated heterocycles. The van der Waals surface area contributed by atoms with Crippen molar-refractivity contribution < 1.29 is 9.53 Å². The van der Waals surface area contributed by atoms with Gasteiger partial charge in [-0.05, 0) is 27.2 Å². The molecule has 0 spiro atoms. The molecule has 4 nitrogen and oxygen atoms in total. The Kier molecular flexibility index (Phi) is 3.73. The highest BCUT2D eigenvalue weighted by Crippen LogP contribution is 2.18. The zero-order valence-electron chi connectivity index (χ0n) is 10.3. The van der Waals surface area contributed by atoms with Crippen LogP contribution in [0.4, 0.5) is 0 Å². The summed E-state index contributed by atoms with van der Waals surface area (Å²) in [5, 5.41) is 3.27. The number of hydrogen-bond acceptors (Lipinski definition) is 3. The fourth-order valence-corrected chi connectivity index (χ4v) is 1.83. The molecule has 1 N–H and O–H groups in total. The third kappa shape index (κ3) is 2.69. The lowest BCUT2D eigenvalue weighted by Crippen LogP contribution is -2.45. The first-order chi connectivity index (χ1) is 6.91. The van der Waals surface area contributed by atoms with Gasteiger partial charge in [-0.3, -0.25) is 10.1 Å². The van der Waals surface area contributed by atoms with Crippen molar-refractivity contribution in [2.45, 2.75) is 51.9 Å². The Bertz CT molecular complexity index is 241. The van der Waals surface area contributed by atoms with E-state index in [-0.39, 0.29) is 23.7 Å². The van der Waals surface area contributed by atoms with Gasteiger partial charge in [0.15, 0.2) is 0 Å². The first-order valence-corrected chi connectivity index (χ1v) is 5.53. The number of hydrogen-bond donors (Lipinski definition) is 1. The van der Waals surface area contributed by atoms with Crippen LogP contribution in [0.2, 0.25) is 0 Å². The van der Waals surface area contributed by atoms with Crippen LogP contribution in [0.5, 0.6) is 0 Å². The second-order valence-electron chi connectivity index (χ2n) is 4.73. The second-order valence-corrected chi connectivity index (χ2v) is 4.73. The summed E-state index contributed by atoms with van der Waals surface area (Å²) in [5.74, 6) is 0.190. The summed E-state index contributed by atoms with van der Waals surface area (Å²) < 4.78 is 5.34. The van der Waals surface area contributed by atoms with E-state index in [0.717, 1.165) is 6.42 Å². The maximum Gasteiger partial charge on any atom is 0.241 e. The molecule has 0 bridgehead atoms. The summed E-state index contributed by atoms with van der Waals surface area (Å²) in [6, 6.07) is -0.0207. The number of rotatable bonds is 4.